The molecular formula is C31H33FN2O4. The summed E-state index contributed by atoms with van der Waals surface area (Å²) in [6.07, 6.45) is 0. The van der Waals surface area contributed by atoms with Crippen molar-refractivity contribution in [3.05, 3.63) is 106 Å². The van der Waals surface area contributed by atoms with E-state index in [1.54, 1.807) is 36.4 Å². The van der Waals surface area contributed by atoms with E-state index in [-0.39, 0.29) is 11.3 Å². The summed E-state index contributed by atoms with van der Waals surface area (Å²) in [6, 6.07) is 19.6. The molecule has 7 heteroatoms. The van der Waals surface area contributed by atoms with E-state index in [9.17, 15) is 19.1 Å². The average Bonchev–Trinajstić information content (AvgIpc) is 3.18. The highest BCUT2D eigenvalue weighted by molar-refractivity contribution is 6.46. The van der Waals surface area contributed by atoms with Crippen molar-refractivity contribution >= 4 is 17.4 Å². The van der Waals surface area contributed by atoms with Crippen molar-refractivity contribution in [1.29, 1.82) is 0 Å². The van der Waals surface area contributed by atoms with Gasteiger partial charge in [0.2, 0.25) is 0 Å². The lowest BCUT2D eigenvalue weighted by Crippen LogP contribution is -2.38. The molecule has 3 aromatic rings. The summed E-state index contributed by atoms with van der Waals surface area (Å²) in [6.45, 7) is 8.97. The number of likely N-dealkylation sites (tertiary alicyclic amines) is 1. The molecule has 0 bridgehead atoms. The van der Waals surface area contributed by atoms with E-state index in [0.29, 0.717) is 36.6 Å². The number of likely N-dealkylation sites (N-methyl/N-ethyl adjacent to an activating group) is 1. The zero-order valence-electron chi connectivity index (χ0n) is 22.0. The first kappa shape index (κ1) is 27.1. The van der Waals surface area contributed by atoms with Gasteiger partial charge in [0.05, 0.1) is 11.6 Å². The first-order valence-electron chi connectivity index (χ1n) is 12.9. The van der Waals surface area contributed by atoms with Crippen molar-refractivity contribution in [2.75, 3.05) is 26.2 Å². The van der Waals surface area contributed by atoms with E-state index in [0.717, 1.165) is 24.2 Å². The number of rotatable bonds is 10. The van der Waals surface area contributed by atoms with Crippen LogP contribution in [0.3, 0.4) is 0 Å². The van der Waals surface area contributed by atoms with Crippen LogP contribution in [0.1, 0.15) is 42.1 Å². The number of hydrogen-bond acceptors (Lipinski definition) is 5. The molecule has 0 spiro atoms. The number of amides is 1. The molecule has 1 unspecified atom stereocenters. The maximum absolute atomic E-state index is 13.7. The number of ether oxygens (including phenoxy) is 1. The van der Waals surface area contributed by atoms with Gasteiger partial charge in [0, 0.05) is 18.7 Å². The molecule has 38 heavy (non-hydrogen) atoms. The van der Waals surface area contributed by atoms with Crippen LogP contribution in [0, 0.1) is 12.7 Å². The van der Waals surface area contributed by atoms with Crippen LogP contribution in [0.4, 0.5) is 4.39 Å². The molecule has 0 saturated carbocycles. The van der Waals surface area contributed by atoms with Crippen LogP contribution in [-0.2, 0) is 16.2 Å². The van der Waals surface area contributed by atoms with Crippen molar-refractivity contribution in [2.45, 2.75) is 33.4 Å². The highest BCUT2D eigenvalue weighted by Crippen LogP contribution is 2.39. The average molecular weight is 517 g/mol. The van der Waals surface area contributed by atoms with Crippen LogP contribution in [-0.4, -0.2) is 52.8 Å². The van der Waals surface area contributed by atoms with Crippen LogP contribution in [0.25, 0.3) is 5.76 Å². The third-order valence-corrected chi connectivity index (χ3v) is 6.89. The summed E-state index contributed by atoms with van der Waals surface area (Å²) in [7, 11) is 0. The zero-order valence-corrected chi connectivity index (χ0v) is 22.0. The van der Waals surface area contributed by atoms with Crippen molar-refractivity contribution in [2.24, 2.45) is 0 Å². The van der Waals surface area contributed by atoms with Gasteiger partial charge in [-0.25, -0.2) is 4.39 Å². The smallest absolute Gasteiger partial charge is 0.295 e. The fourth-order valence-corrected chi connectivity index (χ4v) is 4.72. The minimum absolute atomic E-state index is 0.00501. The molecule has 1 saturated heterocycles. The van der Waals surface area contributed by atoms with Gasteiger partial charge in [-0.3, -0.25) is 9.59 Å². The summed E-state index contributed by atoms with van der Waals surface area (Å²) < 4.78 is 19.6. The Morgan fingerprint density at radius 2 is 1.68 bits per heavy atom. The molecule has 0 radical (unpaired) electrons. The number of aryl methyl sites for hydroxylation is 1. The molecule has 1 aliphatic heterocycles. The van der Waals surface area contributed by atoms with Crippen molar-refractivity contribution in [1.82, 2.24) is 9.80 Å². The number of halogens is 1. The summed E-state index contributed by atoms with van der Waals surface area (Å²) in [5, 5.41) is 11.3. The predicted octanol–water partition coefficient (Wildman–Crippen LogP) is 5.48. The van der Waals surface area contributed by atoms with Gasteiger partial charge in [-0.2, -0.15) is 0 Å². The van der Waals surface area contributed by atoms with E-state index < -0.39 is 23.5 Å². The van der Waals surface area contributed by atoms with Crippen LogP contribution >= 0.6 is 0 Å². The Balaban J connectivity index is 1.63. The summed E-state index contributed by atoms with van der Waals surface area (Å²) in [5.41, 5.74) is 3.14. The molecule has 1 heterocycles. The quantitative estimate of drug-likeness (QED) is 0.220. The maximum atomic E-state index is 13.7. The minimum atomic E-state index is -0.816. The van der Waals surface area contributed by atoms with Crippen LogP contribution < -0.4 is 4.74 Å². The Bertz CT molecular complexity index is 1310. The van der Waals surface area contributed by atoms with Crippen LogP contribution in [0.5, 0.6) is 5.75 Å². The fourth-order valence-electron chi connectivity index (χ4n) is 4.72. The number of ketones is 1. The van der Waals surface area contributed by atoms with Crippen molar-refractivity contribution < 1.29 is 23.8 Å². The highest BCUT2D eigenvalue weighted by Gasteiger charge is 2.45. The van der Waals surface area contributed by atoms with E-state index in [1.807, 2.05) is 39.0 Å². The van der Waals surface area contributed by atoms with E-state index >= 15 is 0 Å². The van der Waals surface area contributed by atoms with Gasteiger partial charge in [-0.05, 0) is 67.5 Å². The number of carbonyl (C=O) groups is 2. The second-order valence-corrected chi connectivity index (χ2v) is 9.37. The minimum Gasteiger partial charge on any atom is -0.507 e. The Hall–Kier alpha value is -3.97. The number of benzene rings is 3. The number of aliphatic hydroxyl groups excluding tert-OH is 1. The van der Waals surface area contributed by atoms with E-state index in [2.05, 4.69) is 11.0 Å². The molecule has 1 N–H and O–H groups in total. The molecule has 0 aliphatic carbocycles. The first-order chi connectivity index (χ1) is 18.3. The standard InChI is InChI=1S/C31H33FN2O4/c1-4-33(5-2)17-18-34-28(23-9-13-25(32)14-10-23)27(30(36)31(34)37)29(35)24-11-15-26(16-12-24)38-20-22-8-6-7-21(3)19-22/h6-16,19,28,35H,4-5,17-18,20H2,1-3H3/b29-27-. The Kier molecular flexibility index (Phi) is 8.59. The highest BCUT2D eigenvalue weighted by atomic mass is 19.1. The molecule has 198 valence electrons. The first-order valence-corrected chi connectivity index (χ1v) is 12.9. The van der Waals surface area contributed by atoms with Gasteiger partial charge in [0.1, 0.15) is 23.9 Å². The topological polar surface area (TPSA) is 70.1 Å². The maximum Gasteiger partial charge on any atom is 0.295 e. The lowest BCUT2D eigenvalue weighted by atomic mass is 9.95. The van der Waals surface area contributed by atoms with Crippen LogP contribution in [0.15, 0.2) is 78.4 Å². The van der Waals surface area contributed by atoms with Gasteiger partial charge >= 0.3 is 0 Å². The number of nitrogens with zero attached hydrogens (tertiary/aromatic N) is 2. The van der Waals surface area contributed by atoms with Gasteiger partial charge in [0.15, 0.2) is 0 Å². The Labute approximate surface area is 223 Å². The SMILES string of the molecule is CCN(CC)CCN1C(=O)C(=O)/C(=C(\O)c2ccc(OCc3cccc(C)c3)cc2)C1c1ccc(F)cc1. The van der Waals surface area contributed by atoms with E-state index in [4.69, 9.17) is 4.74 Å². The van der Waals surface area contributed by atoms with E-state index in [1.165, 1.54) is 17.0 Å². The van der Waals surface area contributed by atoms with Gasteiger partial charge in [-0.1, -0.05) is 55.8 Å². The molecule has 1 fully saturated rings. The molecule has 0 aromatic heterocycles. The lowest BCUT2D eigenvalue weighted by molar-refractivity contribution is -0.140. The lowest BCUT2D eigenvalue weighted by Gasteiger charge is -2.28. The van der Waals surface area contributed by atoms with Crippen LogP contribution in [0.2, 0.25) is 0 Å². The molecule has 1 amide bonds. The predicted molar refractivity (Wildman–Crippen MR) is 145 cm³/mol. The summed E-state index contributed by atoms with van der Waals surface area (Å²) in [5.74, 6) is -1.51. The van der Waals surface area contributed by atoms with Gasteiger partial charge in [-0.15, -0.1) is 0 Å². The molecule has 4 rings (SSSR count). The number of aliphatic hydroxyl groups is 1. The number of hydrogen-bond donors (Lipinski definition) is 1. The van der Waals surface area contributed by atoms with Gasteiger partial charge in [0.25, 0.3) is 11.7 Å². The number of Topliss-reactive ketones (excluding diaryl/α,β-unsaturated/α-hetero) is 1. The summed E-state index contributed by atoms with van der Waals surface area (Å²) in [4.78, 5) is 29.9. The summed E-state index contributed by atoms with van der Waals surface area (Å²) >= 11 is 0. The second-order valence-electron chi connectivity index (χ2n) is 9.37. The van der Waals surface area contributed by atoms with Gasteiger partial charge < -0.3 is 19.6 Å². The Morgan fingerprint density at radius 3 is 2.32 bits per heavy atom. The zero-order chi connectivity index (χ0) is 27.2. The monoisotopic (exact) mass is 516 g/mol. The normalized spacial score (nSPS) is 16.9. The molecule has 6 nitrogen and oxygen atoms in total. The third-order valence-electron chi connectivity index (χ3n) is 6.89. The Morgan fingerprint density at radius 1 is 1.00 bits per heavy atom. The molecule has 1 aliphatic rings. The molecule has 1 atom stereocenters. The fraction of sp³-hybridized carbons (Fsp3) is 0.290. The second kappa shape index (κ2) is 12.0. The molecule has 3 aromatic carbocycles. The third kappa shape index (κ3) is 5.94. The van der Waals surface area contributed by atoms with Crippen molar-refractivity contribution in [3.8, 4) is 5.75 Å². The molecular weight excluding hydrogens is 483 g/mol. The van der Waals surface area contributed by atoms with Crippen molar-refractivity contribution in [3.63, 3.8) is 0 Å². The number of carbonyl (C=O) groups excluding carboxylic acids is 2. The largest absolute Gasteiger partial charge is 0.507 e.